The fourth-order valence-corrected chi connectivity index (χ4v) is 2.21. The van der Waals surface area contributed by atoms with Crippen molar-refractivity contribution in [1.82, 2.24) is 4.57 Å². The van der Waals surface area contributed by atoms with Crippen LogP contribution in [0.1, 0.15) is 46.5 Å². The van der Waals surface area contributed by atoms with Crippen LogP contribution in [0.4, 0.5) is 0 Å². The second-order valence-corrected chi connectivity index (χ2v) is 5.23. The molecule has 112 valence electrons. The molecule has 0 aliphatic rings. The van der Waals surface area contributed by atoms with Gasteiger partial charge in [0.25, 0.3) is 5.97 Å². The molecule has 0 spiro atoms. The van der Waals surface area contributed by atoms with Crippen LogP contribution in [-0.4, -0.2) is 24.4 Å². The molecule has 0 aliphatic heterocycles. The van der Waals surface area contributed by atoms with Gasteiger partial charge >= 0.3 is 0 Å². The summed E-state index contributed by atoms with van der Waals surface area (Å²) in [5.74, 6) is -0.378. The Balaban J connectivity index is 2.60. The molecule has 0 N–H and O–H groups in total. The van der Waals surface area contributed by atoms with E-state index >= 15 is 0 Å². The van der Waals surface area contributed by atoms with Gasteiger partial charge in [0.2, 0.25) is 0 Å². The van der Waals surface area contributed by atoms with Crippen molar-refractivity contribution in [2.24, 2.45) is 7.05 Å². The number of unbranched alkanes of at least 4 members (excludes halogenated alkanes) is 3. The Labute approximate surface area is 123 Å². The Hall–Kier alpha value is -1.26. The molecule has 0 aliphatic carbocycles. The maximum absolute atomic E-state index is 11.7. The monoisotopic (exact) mass is 278 g/mol. The third kappa shape index (κ3) is 5.02. The van der Waals surface area contributed by atoms with Crippen LogP contribution in [0.2, 0.25) is 5.82 Å². The van der Waals surface area contributed by atoms with E-state index in [-0.39, 0.29) is 11.8 Å². The molecule has 20 heavy (non-hydrogen) atoms. The topological polar surface area (TPSA) is 35.1 Å². The first-order valence-corrected chi connectivity index (χ1v) is 7.66. The second-order valence-electron chi connectivity index (χ2n) is 5.23. The van der Waals surface area contributed by atoms with Crippen LogP contribution in [0.15, 0.2) is 12.4 Å². The molecule has 2 radical (unpaired) electrons. The van der Waals surface area contributed by atoms with Crippen molar-refractivity contribution in [3.8, 4) is 0 Å². The molecular weight excluding hydrogens is 251 g/mol. The summed E-state index contributed by atoms with van der Waals surface area (Å²) in [7, 11) is 3.99. The predicted octanol–water partition coefficient (Wildman–Crippen LogP) is 1.59. The molecular formula is C15H27BN2O2. The number of aryl methyl sites for hydroxylation is 2. The number of carbonyl (C=O) groups excluding carboxylic acids is 1. The summed E-state index contributed by atoms with van der Waals surface area (Å²) >= 11 is 0. The first-order chi connectivity index (χ1) is 9.60. The minimum absolute atomic E-state index is 0.161. The molecule has 0 bridgehead atoms. The van der Waals surface area contributed by atoms with E-state index in [9.17, 15) is 4.79 Å². The van der Waals surface area contributed by atoms with Crippen molar-refractivity contribution in [3.63, 3.8) is 0 Å². The van der Waals surface area contributed by atoms with Crippen LogP contribution in [-0.2, 0) is 23.1 Å². The summed E-state index contributed by atoms with van der Waals surface area (Å²) in [4.78, 5) is 11.7. The predicted molar refractivity (Wildman–Crippen MR) is 81.2 cm³/mol. The Bertz CT molecular complexity index is 418. The standard InChI is InChI=1S/C15H27BN2O2/c1-5-7-8-9-10-18-12-11-17(4)15(18)16-13(3)14(19)20-6-2/h11-13H,5-10H2,1-4H3/t13-/m1/s1. The molecule has 0 fully saturated rings. The zero-order valence-electron chi connectivity index (χ0n) is 13.3. The van der Waals surface area contributed by atoms with E-state index in [2.05, 4.69) is 22.3 Å². The third-order valence-corrected chi connectivity index (χ3v) is 3.44. The van der Waals surface area contributed by atoms with Crippen molar-refractivity contribution in [3.05, 3.63) is 12.4 Å². The average Bonchev–Trinajstić information content (AvgIpc) is 2.76. The Morgan fingerprint density at radius 1 is 1.40 bits per heavy atom. The molecule has 0 saturated carbocycles. The van der Waals surface area contributed by atoms with Gasteiger partial charge in [-0.15, -0.1) is 5.82 Å². The number of hydrogen-bond donors (Lipinski definition) is 0. The van der Waals surface area contributed by atoms with E-state index in [1.165, 1.54) is 25.7 Å². The largest absolute Gasteiger partial charge is 0.468 e. The Kier molecular flexibility index (Phi) is 7.41. The van der Waals surface area contributed by atoms with E-state index in [0.717, 1.165) is 12.3 Å². The Morgan fingerprint density at radius 3 is 2.80 bits per heavy atom. The third-order valence-electron chi connectivity index (χ3n) is 3.44. The Morgan fingerprint density at radius 2 is 2.15 bits per heavy atom. The summed E-state index contributed by atoms with van der Waals surface area (Å²) in [5, 5.41) is 0. The fourth-order valence-electron chi connectivity index (χ4n) is 2.21. The molecule has 1 atom stereocenters. The summed E-state index contributed by atoms with van der Waals surface area (Å²) in [6.07, 6.45) is 9.07. The van der Waals surface area contributed by atoms with Gasteiger partial charge < -0.3 is 4.74 Å². The molecule has 0 amide bonds. The van der Waals surface area contributed by atoms with Crippen LogP contribution in [0.3, 0.4) is 0 Å². The second kappa shape index (κ2) is 8.82. The van der Waals surface area contributed by atoms with Gasteiger partial charge in [-0.25, -0.2) is 0 Å². The number of nitrogens with zero attached hydrogens (tertiary/aromatic N) is 2. The first kappa shape index (κ1) is 16.8. The van der Waals surface area contributed by atoms with Crippen molar-refractivity contribution in [2.45, 2.75) is 58.8 Å². The highest BCUT2D eigenvalue weighted by atomic mass is 16.5. The number of esters is 1. The molecule has 5 heteroatoms. The van der Waals surface area contributed by atoms with Gasteiger partial charge in [-0.05, 0) is 19.8 Å². The maximum atomic E-state index is 11.7. The summed E-state index contributed by atoms with van der Waals surface area (Å²) in [5.41, 5.74) is 1.07. The van der Waals surface area contributed by atoms with Crippen LogP contribution in [0, 0.1) is 0 Å². The number of imidazole rings is 1. The number of carbonyl (C=O) groups is 1. The highest BCUT2D eigenvalue weighted by molar-refractivity contribution is 6.56. The van der Waals surface area contributed by atoms with Crippen molar-refractivity contribution in [1.29, 1.82) is 0 Å². The first-order valence-electron chi connectivity index (χ1n) is 7.66. The molecule has 0 unspecified atom stereocenters. The highest BCUT2D eigenvalue weighted by Gasteiger charge is 2.10. The smallest absolute Gasteiger partial charge is 0.268 e. The summed E-state index contributed by atoms with van der Waals surface area (Å²) < 4.78 is 9.32. The van der Waals surface area contributed by atoms with Crippen molar-refractivity contribution in [2.75, 3.05) is 6.61 Å². The lowest BCUT2D eigenvalue weighted by Gasteiger charge is -2.21. The summed E-state index contributed by atoms with van der Waals surface area (Å²) in [6.45, 7) is 7.37. The van der Waals surface area contributed by atoms with E-state index in [1.54, 1.807) is 0 Å². The van der Waals surface area contributed by atoms with Crippen molar-refractivity contribution >= 4 is 19.0 Å². The number of aromatic nitrogens is 2. The molecule has 0 saturated heterocycles. The number of ether oxygens (including phenoxy) is 1. The lowest BCUT2D eigenvalue weighted by atomic mass is 9.64. The van der Waals surface area contributed by atoms with E-state index in [0.29, 0.717) is 6.61 Å². The van der Waals surface area contributed by atoms with Crippen LogP contribution < -0.4 is 10.3 Å². The van der Waals surface area contributed by atoms with E-state index in [1.807, 2.05) is 34.4 Å². The van der Waals surface area contributed by atoms with Gasteiger partial charge in [0.05, 0.1) is 20.2 Å². The van der Waals surface area contributed by atoms with Gasteiger partial charge in [0.1, 0.15) is 12.4 Å². The normalized spacial score (nSPS) is 12.4. The molecule has 0 aromatic carbocycles. The summed E-state index contributed by atoms with van der Waals surface area (Å²) in [6, 6.07) is 0. The van der Waals surface area contributed by atoms with Gasteiger partial charge in [0, 0.05) is 5.72 Å². The maximum Gasteiger partial charge on any atom is 0.268 e. The van der Waals surface area contributed by atoms with E-state index in [4.69, 9.17) is 4.74 Å². The zero-order valence-corrected chi connectivity index (χ0v) is 13.3. The molecule has 1 aromatic heterocycles. The van der Waals surface area contributed by atoms with Gasteiger partial charge in [-0.3, -0.25) is 13.9 Å². The van der Waals surface area contributed by atoms with Gasteiger partial charge in [0.15, 0.2) is 0 Å². The molecule has 1 heterocycles. The lowest BCUT2D eigenvalue weighted by Crippen LogP contribution is -2.51. The minimum Gasteiger partial charge on any atom is -0.468 e. The SMILES string of the molecule is CCCCCCn1cc[n+](C)c1[B-][C@H](C)C(=O)OCC. The van der Waals surface area contributed by atoms with Gasteiger partial charge in [-0.1, -0.05) is 26.7 Å². The fraction of sp³-hybridized carbons (Fsp3) is 0.733. The number of hydrogen-bond acceptors (Lipinski definition) is 2. The quantitative estimate of drug-likeness (QED) is 0.297. The minimum atomic E-state index is -0.217. The van der Waals surface area contributed by atoms with Crippen molar-refractivity contribution < 1.29 is 14.1 Å². The van der Waals surface area contributed by atoms with Crippen LogP contribution in [0.5, 0.6) is 0 Å². The average molecular weight is 278 g/mol. The molecule has 1 rings (SSSR count). The van der Waals surface area contributed by atoms with E-state index < -0.39 is 0 Å². The highest BCUT2D eigenvalue weighted by Crippen LogP contribution is 2.05. The van der Waals surface area contributed by atoms with Crippen LogP contribution >= 0.6 is 0 Å². The number of rotatable bonds is 9. The lowest BCUT2D eigenvalue weighted by molar-refractivity contribution is -0.653. The van der Waals surface area contributed by atoms with Gasteiger partial charge in [-0.2, -0.15) is 7.28 Å². The van der Waals surface area contributed by atoms with Crippen LogP contribution in [0.25, 0.3) is 0 Å². The molecule has 1 aromatic rings. The zero-order chi connectivity index (χ0) is 15.0. The molecule has 4 nitrogen and oxygen atoms in total.